The zero-order valence-electron chi connectivity index (χ0n) is 10.9. The molecule has 6 heteroatoms. The Bertz CT molecular complexity index is 507. The van der Waals surface area contributed by atoms with Gasteiger partial charge in [0.15, 0.2) is 0 Å². The third kappa shape index (κ3) is 2.62. The van der Waals surface area contributed by atoms with Crippen molar-refractivity contribution in [3.63, 3.8) is 0 Å². The summed E-state index contributed by atoms with van der Waals surface area (Å²) in [5, 5.41) is 0. The van der Waals surface area contributed by atoms with Crippen molar-refractivity contribution in [2.24, 2.45) is 5.73 Å². The van der Waals surface area contributed by atoms with Crippen molar-refractivity contribution in [1.29, 1.82) is 0 Å². The van der Waals surface area contributed by atoms with Gasteiger partial charge in [0, 0.05) is 33.1 Å². The standard InChI is InChI=1S/C13H18N4O2/c1-9(18)16-5-7-17(8-6-16)11-4-2-3-10(12(11)14)13(15)19/h2-4H,5-8,14H2,1H3,(H2,15,19). The Labute approximate surface area is 112 Å². The molecule has 0 spiro atoms. The van der Waals surface area contributed by atoms with Gasteiger partial charge in [-0.15, -0.1) is 0 Å². The van der Waals surface area contributed by atoms with Crippen LogP contribution in [-0.4, -0.2) is 42.9 Å². The molecule has 1 aliphatic rings. The SMILES string of the molecule is CC(=O)N1CCN(c2cccc(C(N)=O)c2N)CC1. The molecule has 4 N–H and O–H groups in total. The van der Waals surface area contributed by atoms with Crippen molar-refractivity contribution in [2.45, 2.75) is 6.92 Å². The van der Waals surface area contributed by atoms with Gasteiger partial charge in [0.2, 0.25) is 5.91 Å². The summed E-state index contributed by atoms with van der Waals surface area (Å²) in [5.41, 5.74) is 12.8. The van der Waals surface area contributed by atoms with Gasteiger partial charge in [-0.1, -0.05) is 6.07 Å². The summed E-state index contributed by atoms with van der Waals surface area (Å²) < 4.78 is 0. The Hall–Kier alpha value is -2.24. The van der Waals surface area contributed by atoms with Gasteiger partial charge in [-0.05, 0) is 12.1 Å². The number of nitrogens with zero attached hydrogens (tertiary/aromatic N) is 2. The predicted octanol–water partition coefficient (Wildman–Crippen LogP) is 0.0362. The molecule has 0 aliphatic carbocycles. The summed E-state index contributed by atoms with van der Waals surface area (Å²) in [6.45, 7) is 4.29. The molecule has 102 valence electrons. The number of carbonyl (C=O) groups is 2. The van der Waals surface area contributed by atoms with E-state index in [1.54, 1.807) is 24.0 Å². The van der Waals surface area contributed by atoms with Crippen LogP contribution in [-0.2, 0) is 4.79 Å². The summed E-state index contributed by atoms with van der Waals surface area (Å²) >= 11 is 0. The lowest BCUT2D eigenvalue weighted by atomic mass is 10.1. The largest absolute Gasteiger partial charge is 0.396 e. The fraction of sp³-hybridized carbons (Fsp3) is 0.385. The molecule has 0 unspecified atom stereocenters. The minimum Gasteiger partial charge on any atom is -0.396 e. The maximum atomic E-state index is 11.3. The summed E-state index contributed by atoms with van der Waals surface area (Å²) in [4.78, 5) is 26.4. The topological polar surface area (TPSA) is 92.7 Å². The second kappa shape index (κ2) is 5.17. The Kier molecular flexibility index (Phi) is 3.59. The molecule has 2 rings (SSSR count). The van der Waals surface area contributed by atoms with E-state index in [-0.39, 0.29) is 5.91 Å². The lowest BCUT2D eigenvalue weighted by Gasteiger charge is -2.36. The Balaban J connectivity index is 2.18. The van der Waals surface area contributed by atoms with Crippen LogP contribution in [0.2, 0.25) is 0 Å². The van der Waals surface area contributed by atoms with Crippen LogP contribution in [0.3, 0.4) is 0 Å². The first-order valence-electron chi connectivity index (χ1n) is 6.19. The van der Waals surface area contributed by atoms with Crippen LogP contribution in [0.15, 0.2) is 18.2 Å². The monoisotopic (exact) mass is 262 g/mol. The molecule has 0 bridgehead atoms. The first-order chi connectivity index (χ1) is 9.00. The molecule has 0 saturated carbocycles. The summed E-state index contributed by atoms with van der Waals surface area (Å²) in [5.74, 6) is -0.444. The van der Waals surface area contributed by atoms with Gasteiger partial charge in [0.1, 0.15) is 0 Å². The lowest BCUT2D eigenvalue weighted by molar-refractivity contribution is -0.129. The fourth-order valence-corrected chi connectivity index (χ4v) is 2.31. The highest BCUT2D eigenvalue weighted by Gasteiger charge is 2.21. The highest BCUT2D eigenvalue weighted by molar-refractivity contribution is 6.00. The molecule has 1 aliphatic heterocycles. The van der Waals surface area contributed by atoms with Gasteiger partial charge in [-0.3, -0.25) is 9.59 Å². The van der Waals surface area contributed by atoms with E-state index in [0.29, 0.717) is 37.4 Å². The number of benzene rings is 1. The van der Waals surface area contributed by atoms with Gasteiger partial charge >= 0.3 is 0 Å². The summed E-state index contributed by atoms with van der Waals surface area (Å²) in [7, 11) is 0. The number of piperazine rings is 1. The molecular formula is C13H18N4O2. The summed E-state index contributed by atoms with van der Waals surface area (Å²) in [6.07, 6.45) is 0. The quantitative estimate of drug-likeness (QED) is 0.736. The Morgan fingerprint density at radius 1 is 1.16 bits per heavy atom. The Morgan fingerprint density at radius 2 is 1.79 bits per heavy atom. The molecule has 0 radical (unpaired) electrons. The van der Waals surface area contributed by atoms with Crippen LogP contribution in [0.4, 0.5) is 11.4 Å². The number of amides is 2. The molecule has 2 amide bonds. The number of nitrogen functional groups attached to an aromatic ring is 1. The number of anilines is 2. The number of carbonyl (C=O) groups excluding carboxylic acids is 2. The molecule has 1 fully saturated rings. The van der Waals surface area contributed by atoms with E-state index in [9.17, 15) is 9.59 Å². The van der Waals surface area contributed by atoms with Crippen LogP contribution in [0.25, 0.3) is 0 Å². The number of hydrogen-bond donors (Lipinski definition) is 2. The average molecular weight is 262 g/mol. The van der Waals surface area contributed by atoms with Gasteiger partial charge < -0.3 is 21.3 Å². The van der Waals surface area contributed by atoms with Crippen LogP contribution < -0.4 is 16.4 Å². The molecule has 19 heavy (non-hydrogen) atoms. The molecule has 6 nitrogen and oxygen atoms in total. The van der Waals surface area contributed by atoms with Crippen LogP contribution in [0.1, 0.15) is 17.3 Å². The van der Waals surface area contributed by atoms with Gasteiger partial charge in [-0.2, -0.15) is 0 Å². The normalized spacial score (nSPS) is 15.4. The predicted molar refractivity (Wildman–Crippen MR) is 73.8 cm³/mol. The zero-order valence-corrected chi connectivity index (χ0v) is 10.9. The van der Waals surface area contributed by atoms with Crippen molar-refractivity contribution in [3.8, 4) is 0 Å². The zero-order chi connectivity index (χ0) is 14.0. The molecule has 1 heterocycles. The maximum Gasteiger partial charge on any atom is 0.250 e. The van der Waals surface area contributed by atoms with Crippen LogP contribution in [0.5, 0.6) is 0 Å². The van der Waals surface area contributed by atoms with Crippen molar-refractivity contribution < 1.29 is 9.59 Å². The van der Waals surface area contributed by atoms with Gasteiger partial charge in [0.25, 0.3) is 5.91 Å². The van der Waals surface area contributed by atoms with Crippen molar-refractivity contribution in [1.82, 2.24) is 4.90 Å². The lowest BCUT2D eigenvalue weighted by Crippen LogP contribution is -2.48. The molecule has 0 atom stereocenters. The number of primary amides is 1. The van der Waals surface area contributed by atoms with E-state index in [4.69, 9.17) is 11.5 Å². The minimum absolute atomic E-state index is 0.0820. The van der Waals surface area contributed by atoms with E-state index >= 15 is 0 Å². The third-order valence-electron chi connectivity index (χ3n) is 3.41. The van der Waals surface area contributed by atoms with Crippen LogP contribution in [0, 0.1) is 0 Å². The smallest absolute Gasteiger partial charge is 0.250 e. The highest BCUT2D eigenvalue weighted by Crippen LogP contribution is 2.27. The fourth-order valence-electron chi connectivity index (χ4n) is 2.31. The minimum atomic E-state index is -0.526. The maximum absolute atomic E-state index is 11.3. The van der Waals surface area contributed by atoms with Crippen molar-refractivity contribution in [3.05, 3.63) is 23.8 Å². The van der Waals surface area contributed by atoms with E-state index in [1.165, 1.54) is 0 Å². The highest BCUT2D eigenvalue weighted by atomic mass is 16.2. The number of para-hydroxylation sites is 1. The van der Waals surface area contributed by atoms with E-state index in [2.05, 4.69) is 4.90 Å². The van der Waals surface area contributed by atoms with E-state index < -0.39 is 5.91 Å². The van der Waals surface area contributed by atoms with Gasteiger partial charge in [-0.25, -0.2) is 0 Å². The molecular weight excluding hydrogens is 244 g/mol. The number of nitrogens with two attached hydrogens (primary N) is 2. The Morgan fingerprint density at radius 3 is 2.32 bits per heavy atom. The number of hydrogen-bond acceptors (Lipinski definition) is 4. The van der Waals surface area contributed by atoms with Gasteiger partial charge in [0.05, 0.1) is 16.9 Å². The van der Waals surface area contributed by atoms with Crippen LogP contribution >= 0.6 is 0 Å². The van der Waals surface area contributed by atoms with E-state index in [1.807, 2.05) is 6.07 Å². The van der Waals surface area contributed by atoms with Crippen molar-refractivity contribution in [2.75, 3.05) is 36.8 Å². The molecule has 1 aromatic rings. The van der Waals surface area contributed by atoms with Crippen molar-refractivity contribution >= 4 is 23.2 Å². The molecule has 1 saturated heterocycles. The second-order valence-corrected chi connectivity index (χ2v) is 4.60. The second-order valence-electron chi connectivity index (χ2n) is 4.60. The van der Waals surface area contributed by atoms with E-state index in [0.717, 1.165) is 5.69 Å². The first kappa shape index (κ1) is 13.2. The number of rotatable bonds is 2. The average Bonchev–Trinajstić information content (AvgIpc) is 2.38. The first-order valence-corrected chi connectivity index (χ1v) is 6.19. The molecule has 0 aromatic heterocycles. The molecule has 1 aromatic carbocycles. The summed E-state index contributed by atoms with van der Waals surface area (Å²) in [6, 6.07) is 5.25. The third-order valence-corrected chi connectivity index (χ3v) is 3.41.